The highest BCUT2D eigenvalue weighted by atomic mass is 16.5. The number of amides is 1. The van der Waals surface area contributed by atoms with Gasteiger partial charge in [-0.2, -0.15) is 0 Å². The van der Waals surface area contributed by atoms with Crippen molar-refractivity contribution in [3.8, 4) is 0 Å². The van der Waals surface area contributed by atoms with Crippen molar-refractivity contribution in [2.75, 3.05) is 13.2 Å². The molecule has 2 unspecified atom stereocenters. The summed E-state index contributed by atoms with van der Waals surface area (Å²) in [6, 6.07) is 0.144. The van der Waals surface area contributed by atoms with E-state index in [9.17, 15) is 9.59 Å². The van der Waals surface area contributed by atoms with Gasteiger partial charge in [-0.15, -0.1) is 0 Å². The summed E-state index contributed by atoms with van der Waals surface area (Å²) in [4.78, 5) is 23.3. The average molecular weight is 197 g/mol. The van der Waals surface area contributed by atoms with E-state index in [-0.39, 0.29) is 18.1 Å². The number of carbonyl (C=O) groups excluding carboxylic acids is 1. The Balaban J connectivity index is 1.96. The molecule has 76 valence electrons. The van der Waals surface area contributed by atoms with Crippen molar-refractivity contribution in [3.05, 3.63) is 12.2 Å². The molecule has 0 aliphatic carbocycles. The zero-order valence-corrected chi connectivity index (χ0v) is 7.55. The number of likely N-dealkylation sites (tertiary alicyclic amines) is 1. The van der Waals surface area contributed by atoms with Crippen LogP contribution < -0.4 is 0 Å². The van der Waals surface area contributed by atoms with E-state index in [1.165, 1.54) is 0 Å². The third-order valence-electron chi connectivity index (χ3n) is 2.55. The van der Waals surface area contributed by atoms with E-state index in [1.807, 2.05) is 0 Å². The molecule has 2 aliphatic heterocycles. The van der Waals surface area contributed by atoms with Crippen molar-refractivity contribution in [1.82, 2.24) is 4.90 Å². The highest BCUT2D eigenvalue weighted by Crippen LogP contribution is 2.27. The molecule has 5 heteroatoms. The number of carboxylic acid groups (broad SMARTS) is 1. The first-order valence-electron chi connectivity index (χ1n) is 4.50. The summed E-state index contributed by atoms with van der Waals surface area (Å²) in [5.41, 5.74) is 0. The Morgan fingerprint density at radius 3 is 2.71 bits per heavy atom. The number of carbonyl (C=O) groups is 2. The zero-order chi connectivity index (χ0) is 10.1. The number of rotatable bonds is 2. The van der Waals surface area contributed by atoms with E-state index in [0.717, 1.165) is 18.6 Å². The second-order valence-electron chi connectivity index (χ2n) is 3.51. The molecule has 2 bridgehead atoms. The number of hydrogen-bond donors (Lipinski definition) is 1. The van der Waals surface area contributed by atoms with Gasteiger partial charge in [-0.1, -0.05) is 0 Å². The first kappa shape index (κ1) is 9.21. The third-order valence-corrected chi connectivity index (χ3v) is 2.55. The van der Waals surface area contributed by atoms with Gasteiger partial charge >= 0.3 is 5.97 Å². The molecule has 2 rings (SSSR count). The molecule has 0 saturated carbocycles. The summed E-state index contributed by atoms with van der Waals surface area (Å²) >= 11 is 0. The number of ether oxygens (including phenoxy) is 1. The number of fused-ring (bicyclic) bond motifs is 2. The van der Waals surface area contributed by atoms with Gasteiger partial charge in [0, 0.05) is 18.7 Å². The van der Waals surface area contributed by atoms with Crippen LogP contribution in [0.2, 0.25) is 0 Å². The summed E-state index contributed by atoms with van der Waals surface area (Å²) in [5, 5.41) is 8.35. The van der Waals surface area contributed by atoms with Gasteiger partial charge in [0.15, 0.2) is 0 Å². The molecule has 0 aromatic heterocycles. The number of hydrogen-bond acceptors (Lipinski definition) is 3. The Hall–Kier alpha value is -1.36. The number of morpholine rings is 1. The molecule has 14 heavy (non-hydrogen) atoms. The first-order valence-corrected chi connectivity index (χ1v) is 4.50. The van der Waals surface area contributed by atoms with Crippen molar-refractivity contribution in [1.29, 1.82) is 0 Å². The topological polar surface area (TPSA) is 66.8 Å². The molecule has 2 aliphatic rings. The molecule has 2 fully saturated rings. The summed E-state index contributed by atoms with van der Waals surface area (Å²) in [7, 11) is 0. The van der Waals surface area contributed by atoms with Crippen LogP contribution in [0.3, 0.4) is 0 Å². The largest absolute Gasteiger partial charge is 0.478 e. The van der Waals surface area contributed by atoms with Crippen LogP contribution in [0.15, 0.2) is 12.2 Å². The molecular formula is C9H11NO4. The lowest BCUT2D eigenvalue weighted by Crippen LogP contribution is -2.40. The van der Waals surface area contributed by atoms with Gasteiger partial charge in [-0.25, -0.2) is 4.79 Å². The van der Waals surface area contributed by atoms with Crippen molar-refractivity contribution in [3.63, 3.8) is 0 Å². The van der Waals surface area contributed by atoms with Crippen molar-refractivity contribution in [2.24, 2.45) is 0 Å². The van der Waals surface area contributed by atoms with E-state index in [1.54, 1.807) is 4.90 Å². The smallest absolute Gasteiger partial charge is 0.328 e. The Bertz CT molecular complexity index is 299. The van der Waals surface area contributed by atoms with Gasteiger partial charge < -0.3 is 14.7 Å². The third kappa shape index (κ3) is 1.63. The van der Waals surface area contributed by atoms with E-state index >= 15 is 0 Å². The second kappa shape index (κ2) is 3.42. The van der Waals surface area contributed by atoms with Crippen LogP contribution in [0.1, 0.15) is 6.42 Å². The maximum Gasteiger partial charge on any atom is 0.328 e. The molecule has 1 amide bonds. The van der Waals surface area contributed by atoms with Crippen LogP contribution >= 0.6 is 0 Å². The summed E-state index contributed by atoms with van der Waals surface area (Å²) in [5.74, 6) is -1.33. The van der Waals surface area contributed by atoms with Crippen molar-refractivity contribution in [2.45, 2.75) is 18.6 Å². The molecule has 2 heterocycles. The van der Waals surface area contributed by atoms with Gasteiger partial charge in [0.25, 0.3) is 0 Å². The van der Waals surface area contributed by atoms with Gasteiger partial charge in [-0.05, 0) is 6.42 Å². The number of nitrogens with zero attached hydrogens (tertiary/aromatic N) is 1. The minimum atomic E-state index is -1.10. The Morgan fingerprint density at radius 2 is 2.21 bits per heavy atom. The van der Waals surface area contributed by atoms with Crippen LogP contribution in [0.5, 0.6) is 0 Å². The lowest BCUT2D eigenvalue weighted by Gasteiger charge is -2.25. The minimum absolute atomic E-state index is 0.144. The van der Waals surface area contributed by atoms with E-state index < -0.39 is 5.97 Å². The average Bonchev–Trinajstić information content (AvgIpc) is 2.74. The maximum absolute atomic E-state index is 11.5. The summed E-state index contributed by atoms with van der Waals surface area (Å²) in [6.45, 7) is 1.17. The molecular weight excluding hydrogens is 186 g/mol. The molecule has 0 aromatic carbocycles. The molecule has 0 radical (unpaired) electrons. The van der Waals surface area contributed by atoms with Crippen LogP contribution in [-0.2, 0) is 14.3 Å². The van der Waals surface area contributed by atoms with Crippen LogP contribution in [0, 0.1) is 0 Å². The zero-order valence-electron chi connectivity index (χ0n) is 7.55. The fourth-order valence-corrected chi connectivity index (χ4v) is 1.91. The molecule has 5 nitrogen and oxygen atoms in total. The molecule has 0 spiro atoms. The fraction of sp³-hybridized carbons (Fsp3) is 0.556. The molecule has 2 saturated heterocycles. The van der Waals surface area contributed by atoms with E-state index in [0.29, 0.717) is 13.2 Å². The van der Waals surface area contributed by atoms with Crippen molar-refractivity contribution < 1.29 is 19.4 Å². The quantitative estimate of drug-likeness (QED) is 0.613. The number of aliphatic carboxylic acids is 1. The normalized spacial score (nSPS) is 30.1. The van der Waals surface area contributed by atoms with E-state index in [2.05, 4.69) is 0 Å². The lowest BCUT2D eigenvalue weighted by atomic mass is 10.2. The fourth-order valence-electron chi connectivity index (χ4n) is 1.91. The maximum atomic E-state index is 11.5. The van der Waals surface area contributed by atoms with Gasteiger partial charge in [-0.3, -0.25) is 4.79 Å². The van der Waals surface area contributed by atoms with E-state index in [4.69, 9.17) is 9.84 Å². The van der Waals surface area contributed by atoms with Crippen LogP contribution in [0.25, 0.3) is 0 Å². The highest BCUT2D eigenvalue weighted by Gasteiger charge is 2.40. The Kier molecular flexibility index (Phi) is 2.25. The molecule has 1 N–H and O–H groups in total. The predicted molar refractivity (Wildman–Crippen MR) is 46.6 cm³/mol. The number of carboxylic acids is 1. The summed E-state index contributed by atoms with van der Waals surface area (Å²) in [6.07, 6.45) is 3.01. The van der Waals surface area contributed by atoms with Gasteiger partial charge in [0.05, 0.1) is 18.8 Å². The predicted octanol–water partition coefficient (Wildman–Crippen LogP) is -0.373. The SMILES string of the molecule is O=C(O)/C=C/C(=O)N1CC2CC1CO2. The summed E-state index contributed by atoms with van der Waals surface area (Å²) < 4.78 is 5.32. The standard InChI is InChI=1S/C9H11NO4/c11-8(1-2-9(12)13)10-4-7-3-6(10)5-14-7/h1-2,6-7H,3-5H2,(H,12,13)/b2-1+. The monoisotopic (exact) mass is 197 g/mol. The lowest BCUT2D eigenvalue weighted by molar-refractivity contribution is -0.133. The Morgan fingerprint density at radius 1 is 1.43 bits per heavy atom. The van der Waals surface area contributed by atoms with Crippen LogP contribution in [-0.4, -0.2) is 47.2 Å². The molecule has 2 atom stereocenters. The first-order chi connectivity index (χ1) is 6.66. The Labute approximate surface area is 80.9 Å². The second-order valence-corrected chi connectivity index (χ2v) is 3.51. The van der Waals surface area contributed by atoms with Gasteiger partial charge in [0.1, 0.15) is 0 Å². The van der Waals surface area contributed by atoms with Crippen LogP contribution in [0.4, 0.5) is 0 Å². The molecule has 0 aromatic rings. The van der Waals surface area contributed by atoms with Gasteiger partial charge in [0.2, 0.25) is 5.91 Å². The van der Waals surface area contributed by atoms with Crippen molar-refractivity contribution >= 4 is 11.9 Å². The highest BCUT2D eigenvalue weighted by molar-refractivity contribution is 5.94. The minimum Gasteiger partial charge on any atom is -0.478 e.